The maximum atomic E-state index is 4.29. The fourth-order valence-corrected chi connectivity index (χ4v) is 3.43. The molecule has 1 aromatic heterocycles. The van der Waals surface area contributed by atoms with Gasteiger partial charge in [0.05, 0.1) is 0 Å². The van der Waals surface area contributed by atoms with Crippen molar-refractivity contribution in [3.63, 3.8) is 0 Å². The molecule has 0 aliphatic carbocycles. The standard InChI is InChI=1S/C15H23N3/c1-12-7-13(9-16-8-12)10-18-6-4-15-14(11-18)3-2-5-17-15/h7-9,14-15,17H,2-6,10-11H2,1H3. The Labute approximate surface area is 110 Å². The van der Waals surface area contributed by atoms with Crippen molar-refractivity contribution in [3.05, 3.63) is 29.6 Å². The van der Waals surface area contributed by atoms with Gasteiger partial charge < -0.3 is 5.32 Å². The van der Waals surface area contributed by atoms with Crippen molar-refractivity contribution in [3.8, 4) is 0 Å². The van der Waals surface area contributed by atoms with Crippen LogP contribution in [0.25, 0.3) is 0 Å². The van der Waals surface area contributed by atoms with E-state index in [0.717, 1.165) is 18.5 Å². The van der Waals surface area contributed by atoms with Gasteiger partial charge in [0.15, 0.2) is 0 Å². The molecule has 3 nitrogen and oxygen atoms in total. The lowest BCUT2D eigenvalue weighted by Crippen LogP contribution is -2.51. The molecule has 0 spiro atoms. The molecular weight excluding hydrogens is 222 g/mol. The van der Waals surface area contributed by atoms with E-state index < -0.39 is 0 Å². The zero-order valence-electron chi connectivity index (χ0n) is 11.2. The number of nitrogens with zero attached hydrogens (tertiary/aromatic N) is 2. The molecule has 98 valence electrons. The second kappa shape index (κ2) is 5.37. The van der Waals surface area contributed by atoms with Crippen LogP contribution in [0, 0.1) is 12.8 Å². The average molecular weight is 245 g/mol. The average Bonchev–Trinajstić information content (AvgIpc) is 2.39. The molecule has 3 rings (SSSR count). The summed E-state index contributed by atoms with van der Waals surface area (Å²) in [5.74, 6) is 0.866. The SMILES string of the molecule is Cc1cncc(CN2CCC3NCCCC3C2)c1. The van der Waals surface area contributed by atoms with Crippen LogP contribution < -0.4 is 5.32 Å². The quantitative estimate of drug-likeness (QED) is 0.863. The highest BCUT2D eigenvalue weighted by Crippen LogP contribution is 2.25. The van der Waals surface area contributed by atoms with Crippen molar-refractivity contribution >= 4 is 0 Å². The first-order valence-electron chi connectivity index (χ1n) is 7.17. The first-order valence-corrected chi connectivity index (χ1v) is 7.17. The van der Waals surface area contributed by atoms with Crippen LogP contribution in [0.5, 0.6) is 0 Å². The number of likely N-dealkylation sites (tertiary alicyclic amines) is 1. The Kier molecular flexibility index (Phi) is 3.62. The fraction of sp³-hybridized carbons (Fsp3) is 0.667. The van der Waals surface area contributed by atoms with Gasteiger partial charge in [-0.15, -0.1) is 0 Å². The van der Waals surface area contributed by atoms with E-state index in [1.165, 1.54) is 50.0 Å². The van der Waals surface area contributed by atoms with Gasteiger partial charge in [-0.3, -0.25) is 9.88 Å². The van der Waals surface area contributed by atoms with Crippen LogP contribution in [0.15, 0.2) is 18.5 Å². The number of hydrogen-bond acceptors (Lipinski definition) is 3. The number of nitrogens with one attached hydrogen (secondary N) is 1. The summed E-state index contributed by atoms with van der Waals surface area (Å²) >= 11 is 0. The number of pyridine rings is 1. The largest absolute Gasteiger partial charge is 0.314 e. The monoisotopic (exact) mass is 245 g/mol. The molecule has 2 fully saturated rings. The van der Waals surface area contributed by atoms with Crippen LogP contribution in [0.2, 0.25) is 0 Å². The van der Waals surface area contributed by atoms with Gasteiger partial charge in [0.2, 0.25) is 0 Å². The lowest BCUT2D eigenvalue weighted by Gasteiger charge is -2.41. The van der Waals surface area contributed by atoms with E-state index >= 15 is 0 Å². The number of fused-ring (bicyclic) bond motifs is 1. The normalized spacial score (nSPS) is 28.9. The zero-order chi connectivity index (χ0) is 12.4. The van der Waals surface area contributed by atoms with Gasteiger partial charge in [0.1, 0.15) is 0 Å². The first-order chi connectivity index (χ1) is 8.81. The maximum Gasteiger partial charge on any atom is 0.0313 e. The van der Waals surface area contributed by atoms with Gasteiger partial charge in [-0.05, 0) is 56.3 Å². The molecular formula is C15H23N3. The van der Waals surface area contributed by atoms with Crippen LogP contribution >= 0.6 is 0 Å². The molecule has 2 atom stereocenters. The summed E-state index contributed by atoms with van der Waals surface area (Å²) in [5.41, 5.74) is 2.62. The third kappa shape index (κ3) is 2.73. The van der Waals surface area contributed by atoms with E-state index in [-0.39, 0.29) is 0 Å². The van der Waals surface area contributed by atoms with Crippen molar-refractivity contribution in [1.82, 2.24) is 15.2 Å². The number of rotatable bonds is 2. The Hall–Kier alpha value is -0.930. The van der Waals surface area contributed by atoms with Crippen molar-refractivity contribution < 1.29 is 0 Å². The van der Waals surface area contributed by atoms with Crippen LogP contribution in [0.4, 0.5) is 0 Å². The predicted molar refractivity (Wildman–Crippen MR) is 73.4 cm³/mol. The molecule has 0 bridgehead atoms. The molecule has 18 heavy (non-hydrogen) atoms. The molecule has 2 saturated heterocycles. The van der Waals surface area contributed by atoms with Gasteiger partial charge >= 0.3 is 0 Å². The van der Waals surface area contributed by atoms with E-state index in [0.29, 0.717) is 0 Å². The van der Waals surface area contributed by atoms with Gasteiger partial charge in [0, 0.05) is 31.5 Å². The summed E-state index contributed by atoms with van der Waals surface area (Å²) in [6.07, 6.45) is 8.00. The van der Waals surface area contributed by atoms with Crippen LogP contribution in [0.1, 0.15) is 30.4 Å². The van der Waals surface area contributed by atoms with Gasteiger partial charge in [-0.1, -0.05) is 6.07 Å². The second-order valence-electron chi connectivity index (χ2n) is 5.86. The van der Waals surface area contributed by atoms with Gasteiger partial charge in [-0.25, -0.2) is 0 Å². The smallest absolute Gasteiger partial charge is 0.0313 e. The molecule has 0 radical (unpaired) electrons. The summed E-state index contributed by atoms with van der Waals surface area (Å²) in [6, 6.07) is 3.05. The minimum absolute atomic E-state index is 0.783. The van der Waals surface area contributed by atoms with E-state index in [1.807, 2.05) is 12.4 Å². The maximum absolute atomic E-state index is 4.29. The molecule has 1 N–H and O–H groups in total. The molecule has 3 heterocycles. The van der Waals surface area contributed by atoms with Crippen LogP contribution in [-0.4, -0.2) is 35.6 Å². The van der Waals surface area contributed by atoms with Gasteiger partial charge in [-0.2, -0.15) is 0 Å². The summed E-state index contributed by atoms with van der Waals surface area (Å²) in [6.45, 7) is 6.89. The molecule has 0 aromatic carbocycles. The Morgan fingerprint density at radius 3 is 3.22 bits per heavy atom. The third-order valence-corrected chi connectivity index (χ3v) is 4.31. The lowest BCUT2D eigenvalue weighted by atomic mass is 9.85. The topological polar surface area (TPSA) is 28.2 Å². The van der Waals surface area contributed by atoms with E-state index in [1.54, 1.807) is 0 Å². The highest BCUT2D eigenvalue weighted by atomic mass is 15.2. The Bertz CT molecular complexity index is 404. The van der Waals surface area contributed by atoms with Crippen LogP contribution in [0.3, 0.4) is 0 Å². The molecule has 2 aliphatic heterocycles. The first kappa shape index (κ1) is 12.1. The molecule has 0 saturated carbocycles. The van der Waals surface area contributed by atoms with E-state index in [4.69, 9.17) is 0 Å². The Morgan fingerprint density at radius 2 is 2.33 bits per heavy atom. The predicted octanol–water partition coefficient (Wildman–Crippen LogP) is 1.96. The molecule has 0 amide bonds. The lowest BCUT2D eigenvalue weighted by molar-refractivity contribution is 0.109. The van der Waals surface area contributed by atoms with Crippen molar-refractivity contribution in [1.29, 1.82) is 0 Å². The highest BCUT2D eigenvalue weighted by Gasteiger charge is 2.30. The number of hydrogen-bond donors (Lipinski definition) is 1. The van der Waals surface area contributed by atoms with E-state index in [2.05, 4.69) is 28.2 Å². The zero-order valence-corrected chi connectivity index (χ0v) is 11.2. The Balaban J connectivity index is 1.61. The minimum Gasteiger partial charge on any atom is -0.314 e. The number of aromatic nitrogens is 1. The van der Waals surface area contributed by atoms with Crippen molar-refractivity contribution in [2.24, 2.45) is 5.92 Å². The molecule has 3 heteroatoms. The Morgan fingerprint density at radius 1 is 1.39 bits per heavy atom. The minimum atomic E-state index is 0.783. The highest BCUT2D eigenvalue weighted by molar-refractivity contribution is 5.16. The summed E-state index contributed by atoms with van der Waals surface area (Å²) < 4.78 is 0. The number of piperidine rings is 2. The molecule has 2 unspecified atom stereocenters. The number of aryl methyl sites for hydroxylation is 1. The third-order valence-electron chi connectivity index (χ3n) is 4.31. The summed E-state index contributed by atoms with van der Waals surface area (Å²) in [7, 11) is 0. The van der Waals surface area contributed by atoms with Gasteiger partial charge in [0.25, 0.3) is 0 Å². The fourth-order valence-electron chi connectivity index (χ4n) is 3.43. The van der Waals surface area contributed by atoms with Crippen molar-refractivity contribution in [2.45, 2.75) is 38.8 Å². The van der Waals surface area contributed by atoms with E-state index in [9.17, 15) is 0 Å². The van der Waals surface area contributed by atoms with Crippen molar-refractivity contribution in [2.75, 3.05) is 19.6 Å². The summed E-state index contributed by atoms with van der Waals surface area (Å²) in [5, 5.41) is 3.68. The molecule has 1 aromatic rings. The summed E-state index contributed by atoms with van der Waals surface area (Å²) in [4.78, 5) is 6.89. The van der Waals surface area contributed by atoms with Crippen LogP contribution in [-0.2, 0) is 6.54 Å². The second-order valence-corrected chi connectivity index (χ2v) is 5.86. The molecule has 2 aliphatic rings.